The molecular weight excluding hydrogens is 336 g/mol. The number of hydrogen-bond donors (Lipinski definition) is 1. The Morgan fingerprint density at radius 1 is 1.32 bits per heavy atom. The molecule has 0 bridgehead atoms. The molecule has 2 rings (SSSR count). The van der Waals surface area contributed by atoms with Gasteiger partial charge in [-0.1, -0.05) is 26.7 Å². The van der Waals surface area contributed by atoms with Crippen LogP contribution in [0.5, 0.6) is 0 Å². The molecule has 1 aliphatic rings. The molecule has 1 atom stereocenters. The minimum Gasteiger partial charge on any atom is -0.304 e. The summed E-state index contributed by atoms with van der Waals surface area (Å²) in [5.41, 5.74) is 0.592. The number of aromatic nitrogens is 2. The van der Waals surface area contributed by atoms with Crippen molar-refractivity contribution in [1.82, 2.24) is 19.4 Å². The molecule has 7 heteroatoms. The van der Waals surface area contributed by atoms with Crippen molar-refractivity contribution in [2.75, 3.05) is 19.6 Å². The molecule has 0 saturated heterocycles. The highest BCUT2D eigenvalue weighted by molar-refractivity contribution is 7.89. The van der Waals surface area contributed by atoms with Gasteiger partial charge in [0.1, 0.15) is 4.90 Å². The topological polar surface area (TPSA) is 67.2 Å². The van der Waals surface area contributed by atoms with Gasteiger partial charge >= 0.3 is 0 Å². The van der Waals surface area contributed by atoms with E-state index in [0.29, 0.717) is 16.6 Å². The van der Waals surface area contributed by atoms with Crippen molar-refractivity contribution < 1.29 is 8.42 Å². The van der Waals surface area contributed by atoms with Gasteiger partial charge in [0.05, 0.1) is 11.7 Å². The van der Waals surface area contributed by atoms with E-state index in [0.717, 1.165) is 45.3 Å². The van der Waals surface area contributed by atoms with E-state index in [1.165, 1.54) is 12.8 Å². The minimum atomic E-state index is -3.51. The van der Waals surface area contributed by atoms with Crippen LogP contribution in [0.2, 0.25) is 0 Å². The summed E-state index contributed by atoms with van der Waals surface area (Å²) in [6.45, 7) is 11.1. The standard InChI is InChI=1S/C18H34N4O2S/c1-5-21(6-2)13-9-10-15(3)20-25(23,24)18-14-22(19-16(18)4)17-11-7-8-12-17/h14-15,17,20H,5-13H2,1-4H3. The van der Waals surface area contributed by atoms with Crippen molar-refractivity contribution in [2.24, 2.45) is 0 Å². The summed E-state index contributed by atoms with van der Waals surface area (Å²) in [6, 6.07) is 0.281. The summed E-state index contributed by atoms with van der Waals surface area (Å²) in [6.07, 6.45) is 8.14. The lowest BCUT2D eigenvalue weighted by atomic mass is 10.2. The van der Waals surface area contributed by atoms with Gasteiger partial charge in [-0.25, -0.2) is 13.1 Å². The maximum atomic E-state index is 12.7. The summed E-state index contributed by atoms with van der Waals surface area (Å²) in [5.74, 6) is 0. The smallest absolute Gasteiger partial charge is 0.244 e. The fraction of sp³-hybridized carbons (Fsp3) is 0.833. The minimum absolute atomic E-state index is 0.0743. The second kappa shape index (κ2) is 9.14. The number of sulfonamides is 1. The molecule has 1 saturated carbocycles. The number of nitrogens with one attached hydrogen (secondary N) is 1. The van der Waals surface area contributed by atoms with E-state index >= 15 is 0 Å². The zero-order valence-corrected chi connectivity index (χ0v) is 17.0. The SMILES string of the molecule is CCN(CC)CCCC(C)NS(=O)(=O)c1cn(C2CCCC2)nc1C. The highest BCUT2D eigenvalue weighted by Gasteiger charge is 2.25. The van der Waals surface area contributed by atoms with E-state index in [9.17, 15) is 8.42 Å². The number of aryl methyl sites for hydroxylation is 1. The lowest BCUT2D eigenvalue weighted by Gasteiger charge is -2.19. The molecule has 0 spiro atoms. The number of hydrogen-bond acceptors (Lipinski definition) is 4. The second-order valence-corrected chi connectivity index (χ2v) is 8.87. The molecule has 1 N–H and O–H groups in total. The average molecular weight is 371 g/mol. The highest BCUT2D eigenvalue weighted by atomic mass is 32.2. The third-order valence-electron chi connectivity index (χ3n) is 5.22. The van der Waals surface area contributed by atoms with Crippen molar-refractivity contribution in [3.8, 4) is 0 Å². The molecular formula is C18H34N4O2S. The quantitative estimate of drug-likeness (QED) is 0.687. The predicted octanol–water partition coefficient (Wildman–Crippen LogP) is 3.10. The van der Waals surface area contributed by atoms with Crippen LogP contribution < -0.4 is 4.72 Å². The summed E-state index contributed by atoms with van der Waals surface area (Å²) < 4.78 is 30.1. The predicted molar refractivity (Wildman–Crippen MR) is 101 cm³/mol. The first-order chi connectivity index (χ1) is 11.9. The maximum absolute atomic E-state index is 12.7. The fourth-order valence-corrected chi connectivity index (χ4v) is 5.08. The largest absolute Gasteiger partial charge is 0.304 e. The third-order valence-corrected chi connectivity index (χ3v) is 6.91. The van der Waals surface area contributed by atoms with Crippen LogP contribution in [0.1, 0.15) is 71.0 Å². The molecule has 25 heavy (non-hydrogen) atoms. The van der Waals surface area contributed by atoms with Crippen LogP contribution >= 0.6 is 0 Å². The molecule has 0 aliphatic heterocycles. The van der Waals surface area contributed by atoms with Crippen molar-refractivity contribution in [1.29, 1.82) is 0 Å². The molecule has 6 nitrogen and oxygen atoms in total. The Balaban J connectivity index is 1.94. The Labute approximate surface area is 153 Å². The van der Waals surface area contributed by atoms with Gasteiger partial charge in [-0.3, -0.25) is 4.68 Å². The van der Waals surface area contributed by atoms with E-state index in [1.807, 2.05) is 11.6 Å². The van der Waals surface area contributed by atoms with Crippen molar-refractivity contribution >= 4 is 10.0 Å². The van der Waals surface area contributed by atoms with Gasteiger partial charge in [0, 0.05) is 12.2 Å². The first-order valence-corrected chi connectivity index (χ1v) is 11.2. The van der Waals surface area contributed by atoms with Crippen LogP contribution in [-0.2, 0) is 10.0 Å². The zero-order valence-electron chi connectivity index (χ0n) is 16.2. The van der Waals surface area contributed by atoms with E-state index in [1.54, 1.807) is 13.1 Å². The molecule has 1 unspecified atom stereocenters. The van der Waals surface area contributed by atoms with Gasteiger partial charge in [-0.05, 0) is 59.2 Å². The van der Waals surface area contributed by atoms with Crippen LogP contribution in [0.3, 0.4) is 0 Å². The Morgan fingerprint density at radius 2 is 1.96 bits per heavy atom. The van der Waals surface area contributed by atoms with Crippen LogP contribution in [-0.4, -0.2) is 48.8 Å². The molecule has 1 aromatic rings. The molecule has 1 heterocycles. The monoisotopic (exact) mass is 370 g/mol. The van der Waals surface area contributed by atoms with E-state index in [-0.39, 0.29) is 6.04 Å². The third kappa shape index (κ3) is 5.53. The number of rotatable bonds is 10. The Kier molecular flexibility index (Phi) is 7.46. The molecule has 0 aromatic carbocycles. The number of nitrogens with zero attached hydrogens (tertiary/aromatic N) is 3. The lowest BCUT2D eigenvalue weighted by Crippen LogP contribution is -2.33. The first kappa shape index (κ1) is 20.4. The van der Waals surface area contributed by atoms with Crippen LogP contribution in [0.15, 0.2) is 11.1 Å². The highest BCUT2D eigenvalue weighted by Crippen LogP contribution is 2.30. The van der Waals surface area contributed by atoms with Gasteiger partial charge in [0.25, 0.3) is 0 Å². The van der Waals surface area contributed by atoms with Gasteiger partial charge in [0.2, 0.25) is 10.0 Å². The molecule has 1 aromatic heterocycles. The van der Waals surface area contributed by atoms with Crippen LogP contribution in [0, 0.1) is 6.92 Å². The Hall–Kier alpha value is -0.920. The summed E-state index contributed by atoms with van der Waals surface area (Å²) >= 11 is 0. The fourth-order valence-electron chi connectivity index (χ4n) is 3.63. The Morgan fingerprint density at radius 3 is 2.56 bits per heavy atom. The van der Waals surface area contributed by atoms with Crippen LogP contribution in [0.25, 0.3) is 0 Å². The molecule has 0 radical (unpaired) electrons. The Bertz CT molecular complexity index is 632. The lowest BCUT2D eigenvalue weighted by molar-refractivity contribution is 0.293. The van der Waals surface area contributed by atoms with Crippen molar-refractivity contribution in [3.63, 3.8) is 0 Å². The zero-order chi connectivity index (χ0) is 18.4. The van der Waals surface area contributed by atoms with Gasteiger partial charge < -0.3 is 4.90 Å². The maximum Gasteiger partial charge on any atom is 0.244 e. The summed E-state index contributed by atoms with van der Waals surface area (Å²) in [7, 11) is -3.51. The first-order valence-electron chi connectivity index (χ1n) is 9.67. The molecule has 0 amide bonds. The molecule has 144 valence electrons. The van der Waals surface area contributed by atoms with E-state index in [4.69, 9.17) is 0 Å². The van der Waals surface area contributed by atoms with E-state index in [2.05, 4.69) is 28.6 Å². The van der Waals surface area contributed by atoms with Gasteiger partial charge in [-0.15, -0.1) is 0 Å². The second-order valence-electron chi connectivity index (χ2n) is 7.19. The van der Waals surface area contributed by atoms with Crippen molar-refractivity contribution in [3.05, 3.63) is 11.9 Å². The van der Waals surface area contributed by atoms with Crippen LogP contribution in [0.4, 0.5) is 0 Å². The van der Waals surface area contributed by atoms with Crippen molar-refractivity contribution in [2.45, 2.75) is 83.2 Å². The molecule has 1 fully saturated rings. The normalized spacial score (nSPS) is 17.5. The van der Waals surface area contributed by atoms with Gasteiger partial charge in [0.15, 0.2) is 0 Å². The van der Waals surface area contributed by atoms with E-state index < -0.39 is 10.0 Å². The summed E-state index contributed by atoms with van der Waals surface area (Å²) in [5, 5.41) is 4.46. The van der Waals surface area contributed by atoms with Gasteiger partial charge in [-0.2, -0.15) is 5.10 Å². The average Bonchev–Trinajstić information content (AvgIpc) is 3.20. The molecule has 1 aliphatic carbocycles. The summed E-state index contributed by atoms with van der Waals surface area (Å²) in [4.78, 5) is 2.69.